The quantitative estimate of drug-likeness (QED) is 0.670. The number of hydrogen-bond donors (Lipinski definition) is 0. The molecule has 25 heavy (non-hydrogen) atoms. The molecular formula is C16H18BrClN4O3. The molecule has 0 aliphatic carbocycles. The topological polar surface area (TPSA) is 69.0 Å². The van der Waals surface area contributed by atoms with E-state index in [0.717, 1.165) is 12.0 Å². The molecule has 0 radical (unpaired) electrons. The molecule has 0 unspecified atom stereocenters. The molecular weight excluding hydrogens is 412 g/mol. The summed E-state index contributed by atoms with van der Waals surface area (Å²) in [6.45, 7) is 6.55. The molecule has 0 saturated carbocycles. The van der Waals surface area contributed by atoms with E-state index in [-0.39, 0.29) is 5.15 Å². The third-order valence-corrected chi connectivity index (χ3v) is 4.14. The number of halogens is 2. The van der Waals surface area contributed by atoms with Crippen molar-refractivity contribution in [1.29, 1.82) is 0 Å². The summed E-state index contributed by atoms with van der Waals surface area (Å²) >= 11 is 9.54. The molecule has 2 aromatic heterocycles. The Morgan fingerprint density at radius 1 is 1.52 bits per heavy atom. The van der Waals surface area contributed by atoms with E-state index in [1.807, 2.05) is 20.8 Å². The molecule has 0 bridgehead atoms. The summed E-state index contributed by atoms with van der Waals surface area (Å²) in [6, 6.07) is 1.57. The van der Waals surface area contributed by atoms with Crippen LogP contribution >= 0.6 is 27.5 Å². The fourth-order valence-electron chi connectivity index (χ4n) is 2.35. The third kappa shape index (κ3) is 4.13. The van der Waals surface area contributed by atoms with Gasteiger partial charge in [0.05, 0.1) is 23.9 Å². The Bertz CT molecular complexity index is 836. The summed E-state index contributed by atoms with van der Waals surface area (Å²) in [5.74, 6) is 0.439. The molecule has 1 amide bonds. The smallest absolute Gasteiger partial charge is 0.420 e. The molecule has 3 heterocycles. The number of hydrogen-bond acceptors (Lipinski definition) is 5. The van der Waals surface area contributed by atoms with E-state index >= 15 is 0 Å². The van der Waals surface area contributed by atoms with Crippen LogP contribution in [-0.4, -0.2) is 39.5 Å². The van der Waals surface area contributed by atoms with Crippen LogP contribution in [0.1, 0.15) is 27.2 Å². The minimum atomic E-state index is -0.638. The van der Waals surface area contributed by atoms with E-state index in [1.54, 1.807) is 18.5 Å². The van der Waals surface area contributed by atoms with Crippen molar-refractivity contribution in [3.8, 4) is 0 Å². The van der Waals surface area contributed by atoms with Crippen LogP contribution in [0.25, 0.3) is 5.65 Å². The van der Waals surface area contributed by atoms with Crippen LogP contribution in [-0.2, 0) is 9.47 Å². The van der Waals surface area contributed by atoms with Gasteiger partial charge in [0, 0.05) is 12.3 Å². The Morgan fingerprint density at radius 2 is 2.28 bits per heavy atom. The normalized spacial score (nSPS) is 16.6. The fraction of sp³-hybridized carbons (Fsp3) is 0.438. The molecule has 0 atom stereocenters. The van der Waals surface area contributed by atoms with Gasteiger partial charge >= 0.3 is 6.09 Å². The molecule has 1 aliphatic rings. The molecule has 7 nitrogen and oxygen atoms in total. The number of carbonyl (C=O) groups is 1. The summed E-state index contributed by atoms with van der Waals surface area (Å²) in [6.07, 6.45) is 3.55. The van der Waals surface area contributed by atoms with Crippen molar-refractivity contribution in [2.75, 3.05) is 18.1 Å². The van der Waals surface area contributed by atoms with Crippen LogP contribution in [0.4, 0.5) is 10.6 Å². The van der Waals surface area contributed by atoms with Crippen molar-refractivity contribution in [2.24, 2.45) is 0 Å². The van der Waals surface area contributed by atoms with E-state index in [9.17, 15) is 4.79 Å². The van der Waals surface area contributed by atoms with Gasteiger partial charge in [-0.3, -0.25) is 0 Å². The zero-order valence-electron chi connectivity index (χ0n) is 14.1. The van der Waals surface area contributed by atoms with Gasteiger partial charge < -0.3 is 9.47 Å². The van der Waals surface area contributed by atoms with Crippen LogP contribution in [0, 0.1) is 0 Å². The van der Waals surface area contributed by atoms with Gasteiger partial charge in [-0.2, -0.15) is 9.61 Å². The minimum absolute atomic E-state index is 0.248. The summed E-state index contributed by atoms with van der Waals surface area (Å²) in [7, 11) is 0. The Kier molecular flexibility index (Phi) is 5.04. The average molecular weight is 430 g/mol. The summed E-state index contributed by atoms with van der Waals surface area (Å²) in [4.78, 5) is 18.4. The average Bonchev–Trinajstić information content (AvgIpc) is 3.13. The van der Waals surface area contributed by atoms with Crippen LogP contribution in [0.2, 0.25) is 5.15 Å². The van der Waals surface area contributed by atoms with Gasteiger partial charge in [-0.05, 0) is 48.7 Å². The number of nitrogens with zero attached hydrogens (tertiary/aromatic N) is 4. The van der Waals surface area contributed by atoms with Crippen LogP contribution in [0.15, 0.2) is 28.5 Å². The van der Waals surface area contributed by atoms with E-state index in [2.05, 4.69) is 26.0 Å². The summed E-state index contributed by atoms with van der Waals surface area (Å²) in [5, 5.41) is 4.52. The second-order valence-electron chi connectivity index (χ2n) is 6.61. The molecule has 2 aromatic rings. The molecule has 134 valence electrons. The molecule has 0 spiro atoms. The highest BCUT2D eigenvalue weighted by Crippen LogP contribution is 2.27. The van der Waals surface area contributed by atoms with Crippen molar-refractivity contribution in [3.05, 3.63) is 33.7 Å². The largest absolute Gasteiger partial charge is 0.443 e. The van der Waals surface area contributed by atoms with Crippen molar-refractivity contribution in [2.45, 2.75) is 32.8 Å². The molecule has 1 aliphatic heterocycles. The summed E-state index contributed by atoms with van der Waals surface area (Å²) in [5.41, 5.74) is 0.857. The lowest BCUT2D eigenvalue weighted by Crippen LogP contribution is -2.35. The lowest BCUT2D eigenvalue weighted by molar-refractivity contribution is 0.0594. The first-order chi connectivity index (χ1) is 11.7. The van der Waals surface area contributed by atoms with Gasteiger partial charge in [-0.15, -0.1) is 0 Å². The zero-order valence-corrected chi connectivity index (χ0v) is 16.5. The van der Waals surface area contributed by atoms with Gasteiger partial charge in [0.1, 0.15) is 16.6 Å². The van der Waals surface area contributed by atoms with E-state index < -0.39 is 11.7 Å². The highest BCUT2D eigenvalue weighted by atomic mass is 79.9. The number of carbonyl (C=O) groups excluding carboxylic acids is 1. The molecule has 3 rings (SSSR count). The van der Waals surface area contributed by atoms with Gasteiger partial charge in [0.15, 0.2) is 5.65 Å². The SMILES string of the molecule is CC(C)(C)OC(=O)N(/C=C1/CCOC1)c1cc(Cl)nc2c(Br)cnn12. The zero-order chi connectivity index (χ0) is 18.2. The Labute approximate surface area is 158 Å². The van der Waals surface area contributed by atoms with Crippen LogP contribution in [0.3, 0.4) is 0 Å². The highest BCUT2D eigenvalue weighted by molar-refractivity contribution is 9.10. The maximum Gasteiger partial charge on any atom is 0.420 e. The molecule has 1 fully saturated rings. The van der Waals surface area contributed by atoms with E-state index in [1.165, 1.54) is 9.42 Å². The third-order valence-electron chi connectivity index (χ3n) is 3.38. The number of aromatic nitrogens is 3. The highest BCUT2D eigenvalue weighted by Gasteiger charge is 2.26. The Hall–Kier alpha value is -1.64. The fourth-order valence-corrected chi connectivity index (χ4v) is 2.88. The number of ether oxygens (including phenoxy) is 2. The monoisotopic (exact) mass is 428 g/mol. The number of rotatable bonds is 2. The number of amides is 1. The molecule has 0 N–H and O–H groups in total. The maximum atomic E-state index is 12.8. The Morgan fingerprint density at radius 3 is 2.92 bits per heavy atom. The lowest BCUT2D eigenvalue weighted by atomic mass is 10.2. The second-order valence-corrected chi connectivity index (χ2v) is 7.85. The van der Waals surface area contributed by atoms with E-state index in [4.69, 9.17) is 21.1 Å². The minimum Gasteiger partial charge on any atom is -0.443 e. The van der Waals surface area contributed by atoms with Crippen molar-refractivity contribution in [3.63, 3.8) is 0 Å². The first-order valence-corrected chi connectivity index (χ1v) is 8.91. The van der Waals surface area contributed by atoms with Crippen LogP contribution in [0.5, 0.6) is 0 Å². The Balaban J connectivity index is 2.11. The molecule has 1 saturated heterocycles. The van der Waals surface area contributed by atoms with Gasteiger partial charge in [0.25, 0.3) is 0 Å². The standard InChI is InChI=1S/C16H18BrClN4O3/c1-16(2,3)25-15(23)21(8-10-4-5-24-9-10)13-6-12(18)20-14-11(17)7-19-22(13)14/h6-8H,4-5,9H2,1-3H3/b10-8-. The molecule has 9 heteroatoms. The van der Waals surface area contributed by atoms with E-state index in [0.29, 0.717) is 29.2 Å². The van der Waals surface area contributed by atoms with Gasteiger partial charge in [0.2, 0.25) is 0 Å². The van der Waals surface area contributed by atoms with Gasteiger partial charge in [-0.25, -0.2) is 14.7 Å². The lowest BCUT2D eigenvalue weighted by Gasteiger charge is -2.25. The van der Waals surface area contributed by atoms with Crippen LogP contribution < -0.4 is 4.90 Å². The van der Waals surface area contributed by atoms with Crippen molar-refractivity contribution in [1.82, 2.24) is 14.6 Å². The predicted octanol–water partition coefficient (Wildman–Crippen LogP) is 4.19. The first kappa shape index (κ1) is 18.2. The van der Waals surface area contributed by atoms with Crippen molar-refractivity contribution < 1.29 is 14.3 Å². The van der Waals surface area contributed by atoms with Crippen molar-refractivity contribution >= 4 is 45.1 Å². The maximum absolute atomic E-state index is 12.8. The predicted molar refractivity (Wildman–Crippen MR) is 97.9 cm³/mol. The number of anilines is 1. The molecule has 0 aromatic carbocycles. The number of fused-ring (bicyclic) bond motifs is 1. The second kappa shape index (κ2) is 6.93. The first-order valence-electron chi connectivity index (χ1n) is 7.74. The van der Waals surface area contributed by atoms with Gasteiger partial charge in [-0.1, -0.05) is 11.6 Å². The summed E-state index contributed by atoms with van der Waals surface area (Å²) < 4.78 is 13.1.